The lowest BCUT2D eigenvalue weighted by Gasteiger charge is -2.27. The number of pyridine rings is 1. The highest BCUT2D eigenvalue weighted by atomic mass is 19.4. The molecule has 1 aliphatic heterocycles. The van der Waals surface area contributed by atoms with Gasteiger partial charge in [-0.05, 0) is 36.8 Å². The molecule has 5 rings (SSSR count). The fourth-order valence-electron chi connectivity index (χ4n) is 4.61. The van der Waals surface area contributed by atoms with Gasteiger partial charge in [0.15, 0.2) is 5.82 Å². The van der Waals surface area contributed by atoms with Crippen LogP contribution >= 0.6 is 0 Å². The summed E-state index contributed by atoms with van der Waals surface area (Å²) in [7, 11) is 1.50. The number of hydrogen-bond acceptors (Lipinski definition) is 10. The lowest BCUT2D eigenvalue weighted by atomic mass is 10.2. The highest BCUT2D eigenvalue weighted by Crippen LogP contribution is 2.32. The predicted octanol–water partition coefficient (Wildman–Crippen LogP) is 3.21. The second kappa shape index (κ2) is 12.5. The van der Waals surface area contributed by atoms with Crippen LogP contribution in [0.15, 0.2) is 53.6 Å². The second-order valence-corrected chi connectivity index (χ2v) is 9.91. The lowest BCUT2D eigenvalue weighted by molar-refractivity contribution is -0.138. The van der Waals surface area contributed by atoms with E-state index in [0.717, 1.165) is 22.5 Å². The summed E-state index contributed by atoms with van der Waals surface area (Å²) in [5, 5.41) is 20.1. The Balaban J connectivity index is 1.19. The maximum absolute atomic E-state index is 14.0. The van der Waals surface area contributed by atoms with E-state index in [-0.39, 0.29) is 19.8 Å². The summed E-state index contributed by atoms with van der Waals surface area (Å²) >= 11 is 0. The zero-order valence-electron chi connectivity index (χ0n) is 23.4. The van der Waals surface area contributed by atoms with Gasteiger partial charge in [-0.2, -0.15) is 28.6 Å². The van der Waals surface area contributed by atoms with E-state index in [4.69, 9.17) is 14.7 Å². The predicted molar refractivity (Wildman–Crippen MR) is 148 cm³/mol. The van der Waals surface area contributed by atoms with E-state index in [1.54, 1.807) is 48.0 Å². The smallest absolute Gasteiger partial charge is 0.423 e. The van der Waals surface area contributed by atoms with Crippen molar-refractivity contribution in [2.75, 3.05) is 30.5 Å². The Hall–Kier alpha value is -4.97. The maximum atomic E-state index is 14.0. The van der Waals surface area contributed by atoms with Gasteiger partial charge in [0.2, 0.25) is 0 Å². The van der Waals surface area contributed by atoms with Gasteiger partial charge in [0.05, 0.1) is 50.8 Å². The van der Waals surface area contributed by atoms with Crippen molar-refractivity contribution in [2.24, 2.45) is 0 Å². The summed E-state index contributed by atoms with van der Waals surface area (Å²) in [6.45, 7) is 3.29. The fourth-order valence-corrected chi connectivity index (χ4v) is 4.61. The summed E-state index contributed by atoms with van der Waals surface area (Å²) in [6.07, 6.45) is -2.38. The van der Waals surface area contributed by atoms with E-state index in [1.165, 1.54) is 13.3 Å². The summed E-state index contributed by atoms with van der Waals surface area (Å²) in [5.74, 6) is 2.48. The highest BCUT2D eigenvalue weighted by Gasteiger charge is 2.38. The molecule has 43 heavy (non-hydrogen) atoms. The van der Waals surface area contributed by atoms with Crippen LogP contribution in [0.5, 0.6) is 5.75 Å². The topological polar surface area (TPSA) is 136 Å². The molecule has 1 N–H and O–H groups in total. The quantitative estimate of drug-likeness (QED) is 0.291. The number of nitrogens with zero attached hydrogens (tertiary/aromatic N) is 8. The number of methoxy groups -OCH3 is 1. The molecule has 4 heterocycles. The van der Waals surface area contributed by atoms with Gasteiger partial charge >= 0.3 is 6.18 Å². The molecule has 0 aliphatic carbocycles. The Morgan fingerprint density at radius 3 is 2.60 bits per heavy atom. The van der Waals surface area contributed by atoms with Crippen LogP contribution < -0.4 is 20.5 Å². The molecule has 0 saturated carbocycles. The zero-order valence-corrected chi connectivity index (χ0v) is 23.4. The molecule has 3 aromatic heterocycles. The van der Waals surface area contributed by atoms with Crippen molar-refractivity contribution in [3.8, 4) is 11.8 Å². The number of alkyl halides is 3. The van der Waals surface area contributed by atoms with Gasteiger partial charge in [-0.1, -0.05) is 12.1 Å². The molecule has 224 valence electrons. The van der Waals surface area contributed by atoms with E-state index in [1.807, 2.05) is 11.0 Å². The molecule has 0 amide bonds. The molecule has 1 atom stereocenters. The standard InChI is InChI=1S/C28H28F3N9O3/c1-18(16-43-17-23-36-25-15-38(9-10-39(25)37-23)24-8-5-20(11-32)12-33-24)35-22-13-34-40(27(41)26(22)28(29,30)31)14-19-3-6-21(42-2)7-4-19/h3-8,12-13,18,35H,9-10,14-17H2,1-2H3/t18-/m0/s1. The first kappa shape index (κ1) is 29.5. The van der Waals surface area contributed by atoms with Crippen LogP contribution in [-0.2, 0) is 37.2 Å². The summed E-state index contributed by atoms with van der Waals surface area (Å²) in [4.78, 5) is 23.7. The lowest BCUT2D eigenvalue weighted by Crippen LogP contribution is -2.34. The van der Waals surface area contributed by atoms with Gasteiger partial charge in [0.25, 0.3) is 5.56 Å². The van der Waals surface area contributed by atoms with E-state index >= 15 is 0 Å². The summed E-state index contributed by atoms with van der Waals surface area (Å²) in [5.41, 5.74) is -1.93. The first-order valence-electron chi connectivity index (χ1n) is 13.3. The first-order chi connectivity index (χ1) is 20.6. The monoisotopic (exact) mass is 595 g/mol. The number of aromatic nitrogens is 6. The van der Waals surface area contributed by atoms with Crippen molar-refractivity contribution in [1.82, 2.24) is 29.5 Å². The minimum absolute atomic E-state index is 0.0252. The zero-order chi connectivity index (χ0) is 30.6. The van der Waals surface area contributed by atoms with Gasteiger partial charge in [-0.15, -0.1) is 0 Å². The van der Waals surface area contributed by atoms with Crippen molar-refractivity contribution in [3.05, 3.63) is 87.5 Å². The normalized spacial score (nSPS) is 13.7. The number of hydrogen-bond donors (Lipinski definition) is 1. The summed E-state index contributed by atoms with van der Waals surface area (Å²) in [6, 6.07) is 11.6. The third-order valence-electron chi connectivity index (χ3n) is 6.73. The second-order valence-electron chi connectivity index (χ2n) is 9.91. The molecule has 0 unspecified atom stereocenters. The highest BCUT2D eigenvalue weighted by molar-refractivity contribution is 5.50. The third kappa shape index (κ3) is 6.92. The molecular formula is C28H28F3N9O3. The molecule has 1 aromatic carbocycles. The van der Waals surface area contributed by atoms with Crippen LogP contribution in [0.25, 0.3) is 0 Å². The molecule has 1 aliphatic rings. The van der Waals surface area contributed by atoms with Crippen LogP contribution in [0.1, 0.15) is 35.3 Å². The molecule has 0 fully saturated rings. The van der Waals surface area contributed by atoms with Crippen LogP contribution in [0.3, 0.4) is 0 Å². The van der Waals surface area contributed by atoms with Gasteiger partial charge in [-0.25, -0.2) is 19.3 Å². The number of benzene rings is 1. The van der Waals surface area contributed by atoms with Crippen LogP contribution in [0, 0.1) is 11.3 Å². The average molecular weight is 596 g/mol. The van der Waals surface area contributed by atoms with Crippen LogP contribution in [0.2, 0.25) is 0 Å². The molecular weight excluding hydrogens is 567 g/mol. The first-order valence-corrected chi connectivity index (χ1v) is 13.3. The Bertz CT molecular complexity index is 1660. The van der Waals surface area contributed by atoms with Crippen molar-refractivity contribution in [1.29, 1.82) is 5.26 Å². The van der Waals surface area contributed by atoms with E-state index < -0.39 is 29.0 Å². The fraction of sp³-hybridized carbons (Fsp3) is 0.357. The van der Waals surface area contributed by atoms with Crippen molar-refractivity contribution in [3.63, 3.8) is 0 Å². The van der Waals surface area contributed by atoms with Gasteiger partial charge in [0.1, 0.15) is 35.6 Å². The minimum atomic E-state index is -4.90. The van der Waals surface area contributed by atoms with Crippen molar-refractivity contribution >= 4 is 11.5 Å². The molecule has 0 radical (unpaired) electrons. The molecule has 0 bridgehead atoms. The van der Waals surface area contributed by atoms with Crippen molar-refractivity contribution < 1.29 is 22.6 Å². The third-order valence-corrected chi connectivity index (χ3v) is 6.73. The number of ether oxygens (including phenoxy) is 2. The molecule has 15 heteroatoms. The Kier molecular flexibility index (Phi) is 8.58. The number of anilines is 2. The Morgan fingerprint density at radius 2 is 1.93 bits per heavy atom. The van der Waals surface area contributed by atoms with Gasteiger partial charge < -0.3 is 19.7 Å². The number of halogens is 3. The van der Waals surface area contributed by atoms with Crippen LogP contribution in [0.4, 0.5) is 24.7 Å². The minimum Gasteiger partial charge on any atom is -0.497 e. The molecule has 12 nitrogen and oxygen atoms in total. The molecule has 0 spiro atoms. The molecule has 0 saturated heterocycles. The number of nitrogens with one attached hydrogen (secondary N) is 1. The van der Waals surface area contributed by atoms with E-state index in [2.05, 4.69) is 25.5 Å². The van der Waals surface area contributed by atoms with Crippen molar-refractivity contribution in [2.45, 2.75) is 45.4 Å². The number of nitriles is 1. The van der Waals surface area contributed by atoms with Gasteiger partial charge in [-0.3, -0.25) is 4.79 Å². The number of fused-ring (bicyclic) bond motifs is 1. The Labute approximate surface area is 244 Å². The maximum Gasteiger partial charge on any atom is 0.423 e. The Morgan fingerprint density at radius 1 is 1.14 bits per heavy atom. The summed E-state index contributed by atoms with van der Waals surface area (Å²) < 4.78 is 55.2. The number of rotatable bonds is 10. The van der Waals surface area contributed by atoms with E-state index in [9.17, 15) is 18.0 Å². The largest absolute Gasteiger partial charge is 0.497 e. The van der Waals surface area contributed by atoms with Gasteiger partial charge in [0, 0.05) is 18.8 Å². The van der Waals surface area contributed by atoms with E-state index in [0.29, 0.717) is 42.3 Å². The molecule has 4 aromatic rings. The van der Waals surface area contributed by atoms with Crippen LogP contribution in [-0.4, -0.2) is 55.8 Å². The average Bonchev–Trinajstić information content (AvgIpc) is 3.40. The SMILES string of the molecule is COc1ccc(Cn2ncc(N[C@@H](C)COCc3nc4n(n3)CCN(c3ccc(C#N)cn3)C4)c(C(F)(F)F)c2=O)cc1.